The number of hydrogen-bond donors (Lipinski definition) is 1. The molecule has 1 aromatic heterocycles. The number of pyridine rings is 1. The minimum atomic E-state index is -0.289. The number of nitrogens with one attached hydrogen (secondary N) is 1. The molecule has 0 saturated heterocycles. The number of fused-ring (bicyclic) bond motifs is 3. The number of ether oxygens (including phenoxy) is 1. The first kappa shape index (κ1) is 21.2. The van der Waals surface area contributed by atoms with Crippen LogP contribution in [-0.4, -0.2) is 23.6 Å². The van der Waals surface area contributed by atoms with Gasteiger partial charge in [0.2, 0.25) is 0 Å². The molecule has 0 radical (unpaired) electrons. The second-order valence-corrected chi connectivity index (χ2v) is 9.90. The number of nitrogens with zero attached hydrogens (tertiary/aromatic N) is 1. The summed E-state index contributed by atoms with van der Waals surface area (Å²) < 4.78 is 7.68. The van der Waals surface area contributed by atoms with E-state index in [4.69, 9.17) is 16.3 Å². The van der Waals surface area contributed by atoms with Crippen LogP contribution in [0.4, 0.5) is 0 Å². The van der Waals surface area contributed by atoms with E-state index >= 15 is 0 Å². The molecule has 1 amide bonds. The minimum absolute atomic E-state index is 0.0641. The van der Waals surface area contributed by atoms with Crippen LogP contribution in [0.5, 0.6) is 5.75 Å². The lowest BCUT2D eigenvalue weighted by Gasteiger charge is -2.21. The zero-order chi connectivity index (χ0) is 22.4. The number of hydrogen-bond acceptors (Lipinski definition) is 4. The van der Waals surface area contributed by atoms with Crippen LogP contribution in [0.3, 0.4) is 0 Å². The molecule has 1 aliphatic heterocycles. The number of carbonyl (C=O) groups is 1. The highest BCUT2D eigenvalue weighted by molar-refractivity contribution is 7.99. The second-order valence-electron chi connectivity index (χ2n) is 8.22. The van der Waals surface area contributed by atoms with Gasteiger partial charge in [-0.3, -0.25) is 9.59 Å². The van der Waals surface area contributed by atoms with Gasteiger partial charge in [-0.2, -0.15) is 0 Å². The molecule has 5 nitrogen and oxygen atoms in total. The lowest BCUT2D eigenvalue weighted by Crippen LogP contribution is -2.33. The fourth-order valence-electron chi connectivity index (χ4n) is 4.29. The first-order valence-electron chi connectivity index (χ1n) is 10.6. The molecule has 5 rings (SSSR count). The number of amides is 1. The van der Waals surface area contributed by atoms with Gasteiger partial charge in [-0.1, -0.05) is 29.8 Å². The van der Waals surface area contributed by atoms with Gasteiger partial charge >= 0.3 is 0 Å². The number of thioether (sulfide) groups is 1. The van der Waals surface area contributed by atoms with Crippen LogP contribution in [0.1, 0.15) is 45.4 Å². The van der Waals surface area contributed by atoms with Crippen molar-refractivity contribution >= 4 is 29.3 Å². The minimum Gasteiger partial charge on any atom is -0.496 e. The van der Waals surface area contributed by atoms with Crippen LogP contribution in [0, 0.1) is 6.92 Å². The summed E-state index contributed by atoms with van der Waals surface area (Å²) in [7, 11) is 1.65. The normalized spacial score (nSPS) is 17.2. The van der Waals surface area contributed by atoms with Crippen LogP contribution < -0.4 is 15.5 Å². The summed E-state index contributed by atoms with van der Waals surface area (Å²) in [5.41, 5.74) is 3.43. The second kappa shape index (κ2) is 8.34. The van der Waals surface area contributed by atoms with Gasteiger partial charge in [-0.25, -0.2) is 0 Å². The van der Waals surface area contributed by atoms with Crippen molar-refractivity contribution in [1.29, 1.82) is 0 Å². The van der Waals surface area contributed by atoms with Crippen molar-refractivity contribution in [3.8, 4) is 11.4 Å². The molecule has 164 valence electrons. The number of carbonyl (C=O) groups excluding carboxylic acids is 1. The Hall–Kier alpha value is -2.70. The van der Waals surface area contributed by atoms with Crippen LogP contribution >= 0.6 is 23.4 Å². The predicted octanol–water partition coefficient (Wildman–Crippen LogP) is 5.09. The fourth-order valence-corrected chi connectivity index (χ4v) is 5.88. The molecule has 7 heteroatoms. The van der Waals surface area contributed by atoms with Gasteiger partial charge in [-0.05, 0) is 44.0 Å². The highest BCUT2D eigenvalue weighted by Gasteiger charge is 2.32. The summed E-state index contributed by atoms with van der Waals surface area (Å²) >= 11 is 8.03. The number of halogens is 1. The number of methoxy groups -OCH3 is 1. The van der Waals surface area contributed by atoms with Crippen molar-refractivity contribution < 1.29 is 9.53 Å². The molecule has 1 atom stereocenters. The summed E-state index contributed by atoms with van der Waals surface area (Å²) in [6, 6.07) is 15.3. The van der Waals surface area contributed by atoms with Gasteiger partial charge in [0.25, 0.3) is 5.91 Å². The quantitative estimate of drug-likeness (QED) is 0.581. The standard InChI is InChI=1S/C25H23ClN2O3S/c1-14-11-20(29)24(25(30)27-16-8-9-16)19-13-22(17-5-3-4-6-21(17)31-2)32-23-12-15(26)7-10-18(23)28(14)19/h3-7,10-12,16,22H,8-9,13H2,1-2H3,(H,27,30). The van der Waals surface area contributed by atoms with E-state index < -0.39 is 0 Å². The molecule has 2 aromatic carbocycles. The number of rotatable bonds is 4. The van der Waals surface area contributed by atoms with Crippen LogP contribution in [0.15, 0.2) is 58.2 Å². The average Bonchev–Trinajstić information content (AvgIpc) is 3.59. The molecular weight excluding hydrogens is 444 g/mol. The number of para-hydroxylation sites is 1. The third-order valence-electron chi connectivity index (χ3n) is 5.93. The third kappa shape index (κ3) is 3.82. The Labute approximate surface area is 195 Å². The van der Waals surface area contributed by atoms with Gasteiger partial charge in [0.05, 0.1) is 12.8 Å². The molecule has 2 aliphatic rings. The first-order chi connectivity index (χ1) is 15.5. The Bertz CT molecular complexity index is 1280. The molecule has 1 fully saturated rings. The third-order valence-corrected chi connectivity index (χ3v) is 7.45. The van der Waals surface area contributed by atoms with Crippen molar-refractivity contribution in [2.24, 2.45) is 0 Å². The van der Waals surface area contributed by atoms with E-state index in [0.29, 0.717) is 11.4 Å². The topological polar surface area (TPSA) is 60.3 Å². The molecule has 32 heavy (non-hydrogen) atoms. The van der Waals surface area contributed by atoms with Gasteiger partial charge < -0.3 is 14.6 Å². The van der Waals surface area contributed by atoms with Crippen LogP contribution in [0.25, 0.3) is 5.69 Å². The summed E-state index contributed by atoms with van der Waals surface area (Å²) in [4.78, 5) is 27.2. The average molecular weight is 467 g/mol. The predicted molar refractivity (Wildman–Crippen MR) is 128 cm³/mol. The number of aromatic nitrogens is 1. The van der Waals surface area contributed by atoms with Gasteiger partial charge in [-0.15, -0.1) is 11.8 Å². The zero-order valence-electron chi connectivity index (χ0n) is 17.9. The Kier molecular flexibility index (Phi) is 5.51. The van der Waals surface area contributed by atoms with Gasteiger partial charge in [0.15, 0.2) is 5.43 Å². The molecule has 0 spiro atoms. The Morgan fingerprint density at radius 1 is 1.19 bits per heavy atom. The number of aryl methyl sites for hydroxylation is 1. The maximum Gasteiger partial charge on any atom is 0.257 e. The van der Waals surface area contributed by atoms with Crippen molar-refractivity contribution in [3.63, 3.8) is 0 Å². The van der Waals surface area contributed by atoms with E-state index in [-0.39, 0.29) is 28.2 Å². The van der Waals surface area contributed by atoms with Gasteiger partial charge in [0.1, 0.15) is 11.3 Å². The molecular formula is C25H23ClN2O3S. The maximum atomic E-state index is 13.2. The van der Waals surface area contributed by atoms with Crippen molar-refractivity contribution in [3.05, 3.63) is 86.3 Å². The molecule has 3 aromatic rings. The lowest BCUT2D eigenvalue weighted by atomic mass is 10.0. The van der Waals surface area contributed by atoms with Crippen molar-refractivity contribution in [1.82, 2.24) is 9.88 Å². The number of benzene rings is 2. The molecule has 1 aliphatic carbocycles. The summed E-state index contributed by atoms with van der Waals surface area (Å²) in [5, 5.41) is 3.58. The van der Waals surface area contributed by atoms with E-state index in [0.717, 1.165) is 46.1 Å². The van der Waals surface area contributed by atoms with E-state index in [1.807, 2.05) is 54.0 Å². The van der Waals surface area contributed by atoms with E-state index in [9.17, 15) is 9.59 Å². The largest absolute Gasteiger partial charge is 0.496 e. The molecule has 0 bridgehead atoms. The summed E-state index contributed by atoms with van der Waals surface area (Å²) in [6.07, 6.45) is 2.42. The van der Waals surface area contributed by atoms with E-state index in [2.05, 4.69) is 5.32 Å². The first-order valence-corrected chi connectivity index (χ1v) is 11.9. The van der Waals surface area contributed by atoms with Gasteiger partial charge in [0, 0.05) is 50.6 Å². The SMILES string of the molecule is COc1ccccc1C1Cc2c(C(=O)NC3CC3)c(=O)cc(C)n2-c2ccc(Cl)cc2S1. The zero-order valence-corrected chi connectivity index (χ0v) is 19.4. The smallest absolute Gasteiger partial charge is 0.257 e. The van der Waals surface area contributed by atoms with Crippen molar-refractivity contribution in [2.75, 3.05) is 7.11 Å². The monoisotopic (exact) mass is 466 g/mol. The highest BCUT2D eigenvalue weighted by Crippen LogP contribution is 2.47. The highest BCUT2D eigenvalue weighted by atomic mass is 35.5. The molecule has 1 N–H and O–H groups in total. The van der Waals surface area contributed by atoms with Crippen LogP contribution in [0.2, 0.25) is 5.02 Å². The summed E-state index contributed by atoms with van der Waals surface area (Å²) in [5.74, 6) is 0.489. The van der Waals surface area contributed by atoms with Crippen molar-refractivity contribution in [2.45, 2.75) is 42.4 Å². The molecule has 1 saturated carbocycles. The Balaban J connectivity index is 1.75. The molecule has 2 heterocycles. The van der Waals surface area contributed by atoms with E-state index in [1.165, 1.54) is 0 Å². The van der Waals surface area contributed by atoms with E-state index in [1.54, 1.807) is 24.9 Å². The Morgan fingerprint density at radius 2 is 1.97 bits per heavy atom. The summed E-state index contributed by atoms with van der Waals surface area (Å²) in [6.45, 7) is 1.90. The lowest BCUT2D eigenvalue weighted by molar-refractivity contribution is 0.0948. The maximum absolute atomic E-state index is 13.2. The fraction of sp³-hybridized carbons (Fsp3) is 0.280. The Morgan fingerprint density at radius 3 is 2.72 bits per heavy atom. The van der Waals surface area contributed by atoms with Crippen LogP contribution in [-0.2, 0) is 6.42 Å². The molecule has 1 unspecified atom stereocenters.